The first-order chi connectivity index (χ1) is 13.7. The third-order valence-electron chi connectivity index (χ3n) is 5.53. The van der Waals surface area contributed by atoms with Crippen LogP contribution < -0.4 is 5.32 Å². The molecule has 1 fully saturated rings. The maximum absolute atomic E-state index is 6.53. The van der Waals surface area contributed by atoms with Crippen molar-refractivity contribution in [3.05, 3.63) is 69.6 Å². The van der Waals surface area contributed by atoms with E-state index in [2.05, 4.69) is 23.3 Å². The van der Waals surface area contributed by atoms with Crippen LogP contribution in [0.5, 0.6) is 0 Å². The average Bonchev–Trinajstić information content (AvgIpc) is 2.98. The van der Waals surface area contributed by atoms with Crippen molar-refractivity contribution in [3.63, 3.8) is 0 Å². The summed E-state index contributed by atoms with van der Waals surface area (Å²) in [5.41, 5.74) is 6.81. The number of fused-ring (bicyclic) bond motifs is 2. The number of nitrogens with zero attached hydrogens (tertiary/aromatic N) is 3. The van der Waals surface area contributed by atoms with Crippen LogP contribution in [0.1, 0.15) is 42.5 Å². The maximum Gasteiger partial charge on any atom is 0.152 e. The molecule has 5 nitrogen and oxygen atoms in total. The lowest BCUT2D eigenvalue weighted by molar-refractivity contribution is 0.0845. The summed E-state index contributed by atoms with van der Waals surface area (Å²) in [5.74, 6) is 1.25. The van der Waals surface area contributed by atoms with Crippen molar-refractivity contribution in [3.8, 4) is 0 Å². The van der Waals surface area contributed by atoms with Crippen LogP contribution in [0.3, 0.4) is 0 Å². The van der Waals surface area contributed by atoms with Crippen molar-refractivity contribution in [1.82, 2.24) is 4.98 Å². The second-order valence-corrected chi connectivity index (χ2v) is 7.81. The molecular formula is C22H21ClN4O. The molecule has 28 heavy (non-hydrogen) atoms. The van der Waals surface area contributed by atoms with E-state index in [1.54, 1.807) is 0 Å². The maximum atomic E-state index is 6.53. The summed E-state index contributed by atoms with van der Waals surface area (Å²) in [6.07, 6.45) is 3.93. The van der Waals surface area contributed by atoms with E-state index in [4.69, 9.17) is 26.3 Å². The Kier molecular flexibility index (Phi) is 4.49. The molecular weight excluding hydrogens is 372 g/mol. The van der Waals surface area contributed by atoms with E-state index in [1.807, 2.05) is 30.5 Å². The number of anilines is 1. The highest BCUT2D eigenvalue weighted by atomic mass is 35.5. The number of hydrogen-bond acceptors (Lipinski definition) is 5. The van der Waals surface area contributed by atoms with Crippen LogP contribution in [0, 0.1) is 0 Å². The Morgan fingerprint density at radius 2 is 1.96 bits per heavy atom. The highest BCUT2D eigenvalue weighted by molar-refractivity contribution is 6.36. The molecule has 0 saturated carbocycles. The summed E-state index contributed by atoms with van der Waals surface area (Å²) in [6, 6.07) is 9.96. The summed E-state index contributed by atoms with van der Waals surface area (Å²) in [6.45, 7) is 4.33. The molecule has 6 heteroatoms. The lowest BCUT2D eigenvalue weighted by Crippen LogP contribution is -2.17. The van der Waals surface area contributed by atoms with Crippen molar-refractivity contribution < 1.29 is 4.74 Å². The van der Waals surface area contributed by atoms with Gasteiger partial charge in [-0.2, -0.15) is 0 Å². The summed E-state index contributed by atoms with van der Waals surface area (Å²) < 4.78 is 5.51. The SMILES string of the molecule is CC1=C2N=C(c3ccccc3Cl)c3cnc(C4CCOCC4)cc3NC2=NC1. The number of pyridine rings is 1. The van der Waals surface area contributed by atoms with E-state index in [0.29, 0.717) is 17.5 Å². The van der Waals surface area contributed by atoms with Gasteiger partial charge < -0.3 is 10.1 Å². The second-order valence-electron chi connectivity index (χ2n) is 7.40. The minimum Gasteiger partial charge on any atom is -0.381 e. The van der Waals surface area contributed by atoms with Crippen molar-refractivity contribution >= 4 is 28.8 Å². The molecule has 0 atom stereocenters. The Balaban J connectivity index is 1.66. The van der Waals surface area contributed by atoms with Crippen molar-refractivity contribution in [2.24, 2.45) is 9.98 Å². The van der Waals surface area contributed by atoms with E-state index in [9.17, 15) is 0 Å². The van der Waals surface area contributed by atoms with E-state index < -0.39 is 0 Å². The summed E-state index contributed by atoms with van der Waals surface area (Å²) in [7, 11) is 0. The first kappa shape index (κ1) is 17.6. The van der Waals surface area contributed by atoms with Crippen LogP contribution >= 0.6 is 11.6 Å². The zero-order valence-corrected chi connectivity index (χ0v) is 16.5. The van der Waals surface area contributed by atoms with Gasteiger partial charge >= 0.3 is 0 Å². The molecule has 0 bridgehead atoms. The van der Waals surface area contributed by atoms with Crippen molar-refractivity contribution in [2.75, 3.05) is 25.1 Å². The highest BCUT2D eigenvalue weighted by Gasteiger charge is 2.27. The van der Waals surface area contributed by atoms with Gasteiger partial charge in [-0.1, -0.05) is 29.8 Å². The average molecular weight is 393 g/mol. The first-order valence-corrected chi connectivity index (χ1v) is 10.0. The van der Waals surface area contributed by atoms with Gasteiger partial charge in [-0.25, -0.2) is 4.99 Å². The minimum absolute atomic E-state index is 0.423. The molecule has 1 saturated heterocycles. The Morgan fingerprint density at radius 3 is 2.79 bits per heavy atom. The third kappa shape index (κ3) is 3.05. The highest BCUT2D eigenvalue weighted by Crippen LogP contribution is 2.34. The Bertz CT molecular complexity index is 1030. The molecule has 2 aromatic rings. The largest absolute Gasteiger partial charge is 0.381 e. The fourth-order valence-corrected chi connectivity index (χ4v) is 4.16. The number of ether oxygens (including phenoxy) is 1. The number of aromatic nitrogens is 1. The fraction of sp³-hybridized carbons (Fsp3) is 0.318. The molecule has 0 spiro atoms. The van der Waals surface area contributed by atoms with Crippen LogP contribution in [0.15, 0.2) is 57.8 Å². The van der Waals surface area contributed by atoms with E-state index in [0.717, 1.165) is 71.4 Å². The lowest BCUT2D eigenvalue weighted by Gasteiger charge is -2.22. The van der Waals surface area contributed by atoms with Gasteiger partial charge in [0.05, 0.1) is 17.9 Å². The lowest BCUT2D eigenvalue weighted by atomic mass is 9.94. The molecule has 4 heterocycles. The molecule has 0 aliphatic carbocycles. The van der Waals surface area contributed by atoms with Gasteiger partial charge in [0.25, 0.3) is 0 Å². The molecule has 0 radical (unpaired) electrons. The molecule has 0 amide bonds. The summed E-state index contributed by atoms with van der Waals surface area (Å²) >= 11 is 6.53. The molecule has 142 valence electrons. The number of nitrogens with one attached hydrogen (secondary N) is 1. The third-order valence-corrected chi connectivity index (χ3v) is 5.86. The molecule has 0 unspecified atom stereocenters. The predicted octanol–water partition coefficient (Wildman–Crippen LogP) is 4.58. The van der Waals surface area contributed by atoms with Crippen LogP contribution in [-0.4, -0.2) is 36.3 Å². The van der Waals surface area contributed by atoms with E-state index in [1.165, 1.54) is 0 Å². The van der Waals surface area contributed by atoms with Gasteiger partial charge in [0.2, 0.25) is 0 Å². The topological polar surface area (TPSA) is 58.9 Å². The number of halogens is 1. The van der Waals surface area contributed by atoms with E-state index in [-0.39, 0.29) is 0 Å². The molecule has 1 N–H and O–H groups in total. The number of amidine groups is 1. The second kappa shape index (κ2) is 7.15. The Morgan fingerprint density at radius 1 is 1.14 bits per heavy atom. The zero-order chi connectivity index (χ0) is 19.1. The number of rotatable bonds is 2. The minimum atomic E-state index is 0.423. The van der Waals surface area contributed by atoms with E-state index >= 15 is 0 Å². The van der Waals surface area contributed by atoms with Gasteiger partial charge in [0.1, 0.15) is 5.70 Å². The molecule has 3 aliphatic heterocycles. The summed E-state index contributed by atoms with van der Waals surface area (Å²) in [5, 5.41) is 4.19. The van der Waals surface area contributed by atoms with Crippen molar-refractivity contribution in [1.29, 1.82) is 0 Å². The normalized spacial score (nSPS) is 19.4. The monoisotopic (exact) mass is 392 g/mol. The molecule has 5 rings (SSSR count). The molecule has 3 aliphatic rings. The van der Waals surface area contributed by atoms with Gasteiger partial charge in [-0.05, 0) is 37.5 Å². The molecule has 1 aromatic carbocycles. The number of aliphatic imine (C=N–C) groups is 2. The number of benzene rings is 1. The summed E-state index contributed by atoms with van der Waals surface area (Å²) in [4.78, 5) is 14.4. The van der Waals surface area contributed by atoms with Crippen LogP contribution in [0.4, 0.5) is 5.69 Å². The predicted molar refractivity (Wildman–Crippen MR) is 113 cm³/mol. The Labute approximate surface area is 169 Å². The Hall–Kier alpha value is -2.50. The van der Waals surface area contributed by atoms with Gasteiger partial charge in [-0.3, -0.25) is 9.98 Å². The van der Waals surface area contributed by atoms with Gasteiger partial charge in [-0.15, -0.1) is 0 Å². The first-order valence-electron chi connectivity index (χ1n) is 9.64. The van der Waals surface area contributed by atoms with Gasteiger partial charge in [0, 0.05) is 47.2 Å². The molecule has 1 aromatic heterocycles. The van der Waals surface area contributed by atoms with Crippen LogP contribution in [-0.2, 0) is 4.74 Å². The van der Waals surface area contributed by atoms with Crippen LogP contribution in [0.25, 0.3) is 0 Å². The van der Waals surface area contributed by atoms with Crippen molar-refractivity contribution in [2.45, 2.75) is 25.7 Å². The fourth-order valence-electron chi connectivity index (χ4n) is 3.94. The van der Waals surface area contributed by atoms with Gasteiger partial charge in [0.15, 0.2) is 5.84 Å². The zero-order valence-electron chi connectivity index (χ0n) is 15.7. The number of hydrogen-bond donors (Lipinski definition) is 1. The quantitative estimate of drug-likeness (QED) is 0.813. The van der Waals surface area contributed by atoms with Crippen LogP contribution in [0.2, 0.25) is 5.02 Å². The smallest absolute Gasteiger partial charge is 0.152 e. The standard InChI is InChI=1S/C22H21ClN4O/c1-13-11-25-22-20(13)27-21(15-4-2-3-5-17(15)23)16-12-24-18(10-19(16)26-22)14-6-8-28-9-7-14/h2-5,10,12,14H,6-9,11H2,1H3,(H,25,26).